The number of rotatable bonds is 5. The molecular formula is C10H13NO3. The van der Waals surface area contributed by atoms with E-state index in [-0.39, 0.29) is 5.76 Å². The lowest BCUT2D eigenvalue weighted by Gasteiger charge is -2.02. The summed E-state index contributed by atoms with van der Waals surface area (Å²) in [5.74, 6) is -1.04. The maximum Gasteiger partial charge on any atom is 0.372 e. The van der Waals surface area contributed by atoms with Gasteiger partial charge >= 0.3 is 5.97 Å². The maximum atomic E-state index is 10.6. The summed E-state index contributed by atoms with van der Waals surface area (Å²) in [6, 6.07) is 1.65. The number of carbonyl (C=O) groups is 1. The van der Waals surface area contributed by atoms with Crippen LogP contribution in [0.1, 0.15) is 23.0 Å². The second-order valence-corrected chi connectivity index (χ2v) is 3.14. The zero-order valence-corrected chi connectivity index (χ0v) is 8.04. The van der Waals surface area contributed by atoms with Crippen molar-refractivity contribution in [2.45, 2.75) is 13.5 Å². The Kier molecular flexibility index (Phi) is 3.48. The highest BCUT2D eigenvalue weighted by molar-refractivity contribution is 5.86. The van der Waals surface area contributed by atoms with Gasteiger partial charge in [0.1, 0.15) is 0 Å². The molecule has 0 fully saturated rings. The summed E-state index contributed by atoms with van der Waals surface area (Å²) >= 11 is 0. The van der Waals surface area contributed by atoms with Crippen molar-refractivity contribution in [2.24, 2.45) is 0 Å². The van der Waals surface area contributed by atoms with Crippen LogP contribution in [0.4, 0.5) is 0 Å². The molecule has 0 saturated heterocycles. The van der Waals surface area contributed by atoms with Crippen LogP contribution in [0.25, 0.3) is 0 Å². The predicted octanol–water partition coefficient (Wildman–Crippen LogP) is 1.64. The van der Waals surface area contributed by atoms with E-state index in [4.69, 9.17) is 9.52 Å². The van der Waals surface area contributed by atoms with Crippen molar-refractivity contribution in [3.8, 4) is 0 Å². The van der Waals surface area contributed by atoms with Crippen molar-refractivity contribution in [3.63, 3.8) is 0 Å². The van der Waals surface area contributed by atoms with Gasteiger partial charge in [0.2, 0.25) is 5.76 Å². The van der Waals surface area contributed by atoms with Crippen LogP contribution in [0.15, 0.2) is 28.9 Å². The SMILES string of the molecule is C=C(C)CNCc1ccoc1C(=O)O. The van der Waals surface area contributed by atoms with Gasteiger partial charge in [0, 0.05) is 18.7 Å². The third-order valence-electron chi connectivity index (χ3n) is 1.68. The van der Waals surface area contributed by atoms with Crippen LogP contribution in [0, 0.1) is 0 Å². The van der Waals surface area contributed by atoms with Crippen LogP contribution in [0.2, 0.25) is 0 Å². The van der Waals surface area contributed by atoms with Crippen LogP contribution in [0.3, 0.4) is 0 Å². The molecule has 4 heteroatoms. The number of carboxylic acids is 1. The highest BCUT2D eigenvalue weighted by Gasteiger charge is 2.12. The van der Waals surface area contributed by atoms with Gasteiger partial charge in [0.25, 0.3) is 0 Å². The molecule has 0 radical (unpaired) electrons. The van der Waals surface area contributed by atoms with E-state index in [1.165, 1.54) is 6.26 Å². The molecule has 0 aliphatic carbocycles. The smallest absolute Gasteiger partial charge is 0.372 e. The Hall–Kier alpha value is -1.55. The first-order chi connectivity index (χ1) is 6.61. The Labute approximate surface area is 82.2 Å². The van der Waals surface area contributed by atoms with E-state index in [1.54, 1.807) is 6.07 Å². The molecule has 2 N–H and O–H groups in total. The molecule has 0 aliphatic rings. The molecule has 1 rings (SSSR count). The molecule has 0 spiro atoms. The van der Waals surface area contributed by atoms with Gasteiger partial charge in [-0.15, -0.1) is 0 Å². The number of aromatic carboxylic acids is 1. The molecule has 0 saturated carbocycles. The van der Waals surface area contributed by atoms with Gasteiger partial charge in [0.05, 0.1) is 6.26 Å². The van der Waals surface area contributed by atoms with Crippen LogP contribution in [-0.2, 0) is 6.54 Å². The fraction of sp³-hybridized carbons (Fsp3) is 0.300. The Morgan fingerprint density at radius 1 is 1.71 bits per heavy atom. The normalized spacial score (nSPS) is 10.1. The minimum absolute atomic E-state index is 0.000727. The topological polar surface area (TPSA) is 62.5 Å². The monoisotopic (exact) mass is 195 g/mol. The van der Waals surface area contributed by atoms with Gasteiger partial charge in [-0.2, -0.15) is 0 Å². The number of hydrogen-bond acceptors (Lipinski definition) is 3. The summed E-state index contributed by atoms with van der Waals surface area (Å²) in [4.78, 5) is 10.6. The van der Waals surface area contributed by atoms with E-state index in [0.29, 0.717) is 18.7 Å². The average Bonchev–Trinajstić information content (AvgIpc) is 2.51. The third kappa shape index (κ3) is 2.74. The fourth-order valence-corrected chi connectivity index (χ4v) is 1.07. The molecule has 0 aromatic carbocycles. The Balaban J connectivity index is 2.54. The highest BCUT2D eigenvalue weighted by atomic mass is 16.4. The molecule has 0 aliphatic heterocycles. The lowest BCUT2D eigenvalue weighted by molar-refractivity contribution is 0.0660. The zero-order valence-electron chi connectivity index (χ0n) is 8.04. The van der Waals surface area contributed by atoms with Gasteiger partial charge < -0.3 is 14.8 Å². The summed E-state index contributed by atoms with van der Waals surface area (Å²) in [7, 11) is 0. The molecule has 1 heterocycles. The molecule has 0 atom stereocenters. The van der Waals surface area contributed by atoms with Crippen molar-refractivity contribution >= 4 is 5.97 Å². The quantitative estimate of drug-likeness (QED) is 0.701. The molecule has 0 unspecified atom stereocenters. The molecular weight excluding hydrogens is 182 g/mol. The molecule has 4 nitrogen and oxygen atoms in total. The Morgan fingerprint density at radius 2 is 2.43 bits per heavy atom. The largest absolute Gasteiger partial charge is 0.475 e. The number of carboxylic acid groups (broad SMARTS) is 1. The minimum Gasteiger partial charge on any atom is -0.475 e. The van der Waals surface area contributed by atoms with E-state index in [1.807, 2.05) is 6.92 Å². The van der Waals surface area contributed by atoms with E-state index in [2.05, 4.69) is 11.9 Å². The first-order valence-corrected chi connectivity index (χ1v) is 4.26. The molecule has 0 amide bonds. The van der Waals surface area contributed by atoms with Crippen molar-refractivity contribution in [2.75, 3.05) is 6.54 Å². The number of furan rings is 1. The lowest BCUT2D eigenvalue weighted by atomic mass is 10.2. The van der Waals surface area contributed by atoms with E-state index >= 15 is 0 Å². The summed E-state index contributed by atoms with van der Waals surface area (Å²) in [6.45, 7) is 6.78. The molecule has 1 aromatic heterocycles. The van der Waals surface area contributed by atoms with Crippen LogP contribution < -0.4 is 5.32 Å². The van der Waals surface area contributed by atoms with Gasteiger partial charge in [-0.1, -0.05) is 12.2 Å². The van der Waals surface area contributed by atoms with Crippen molar-refractivity contribution in [1.29, 1.82) is 0 Å². The number of nitrogens with one attached hydrogen (secondary N) is 1. The average molecular weight is 195 g/mol. The summed E-state index contributed by atoms with van der Waals surface area (Å²) < 4.78 is 4.82. The Morgan fingerprint density at radius 3 is 3.00 bits per heavy atom. The molecule has 1 aromatic rings. The summed E-state index contributed by atoms with van der Waals surface area (Å²) in [5, 5.41) is 11.8. The van der Waals surface area contributed by atoms with Gasteiger partial charge in [-0.3, -0.25) is 0 Å². The first kappa shape index (κ1) is 10.5. The fourth-order valence-electron chi connectivity index (χ4n) is 1.07. The first-order valence-electron chi connectivity index (χ1n) is 4.26. The molecule has 76 valence electrons. The number of hydrogen-bond donors (Lipinski definition) is 2. The lowest BCUT2D eigenvalue weighted by Crippen LogP contribution is -2.16. The standard InChI is InChI=1S/C10H13NO3/c1-7(2)5-11-6-8-3-4-14-9(8)10(12)13/h3-4,11H,1,5-6H2,2H3,(H,12,13). The minimum atomic E-state index is -1.04. The second-order valence-electron chi connectivity index (χ2n) is 3.14. The van der Waals surface area contributed by atoms with Gasteiger partial charge in [0.15, 0.2) is 0 Å². The summed E-state index contributed by atoms with van der Waals surface area (Å²) in [5.41, 5.74) is 1.66. The van der Waals surface area contributed by atoms with Crippen LogP contribution >= 0.6 is 0 Å². The zero-order chi connectivity index (χ0) is 10.6. The van der Waals surface area contributed by atoms with Crippen molar-refractivity contribution < 1.29 is 14.3 Å². The van der Waals surface area contributed by atoms with Crippen LogP contribution in [0.5, 0.6) is 0 Å². The summed E-state index contributed by atoms with van der Waals surface area (Å²) in [6.07, 6.45) is 1.38. The Bertz CT molecular complexity index is 341. The van der Waals surface area contributed by atoms with E-state index < -0.39 is 5.97 Å². The van der Waals surface area contributed by atoms with Crippen molar-refractivity contribution in [3.05, 3.63) is 35.8 Å². The second kappa shape index (κ2) is 4.62. The van der Waals surface area contributed by atoms with E-state index in [9.17, 15) is 4.79 Å². The molecule has 0 bridgehead atoms. The maximum absolute atomic E-state index is 10.6. The van der Waals surface area contributed by atoms with Gasteiger partial charge in [-0.05, 0) is 13.0 Å². The molecule has 14 heavy (non-hydrogen) atoms. The van der Waals surface area contributed by atoms with Crippen LogP contribution in [-0.4, -0.2) is 17.6 Å². The third-order valence-corrected chi connectivity index (χ3v) is 1.68. The van der Waals surface area contributed by atoms with E-state index in [0.717, 1.165) is 5.57 Å². The van der Waals surface area contributed by atoms with Gasteiger partial charge in [-0.25, -0.2) is 4.79 Å². The predicted molar refractivity (Wildman–Crippen MR) is 52.2 cm³/mol. The highest BCUT2D eigenvalue weighted by Crippen LogP contribution is 2.09. The van der Waals surface area contributed by atoms with Crippen molar-refractivity contribution in [1.82, 2.24) is 5.32 Å².